The van der Waals surface area contributed by atoms with Crippen LogP contribution in [0.5, 0.6) is 17.2 Å². The van der Waals surface area contributed by atoms with Crippen LogP contribution in [0.2, 0.25) is 10.0 Å². The molecule has 4 spiro atoms. The molecule has 2 bridgehead atoms. The minimum absolute atomic E-state index is 0.0408. The average Bonchev–Trinajstić information content (AvgIpc) is 1.40. The lowest BCUT2D eigenvalue weighted by molar-refractivity contribution is -0.187. The van der Waals surface area contributed by atoms with E-state index in [0.29, 0.717) is 70.5 Å². The number of benzene rings is 5. The van der Waals surface area contributed by atoms with Crippen molar-refractivity contribution in [2.24, 2.45) is 0 Å². The summed E-state index contributed by atoms with van der Waals surface area (Å²) in [4.78, 5) is 60.2. The monoisotopic (exact) mass is 1370 g/mol. The smallest absolute Gasteiger partial charge is 0.246 e. The highest BCUT2D eigenvalue weighted by molar-refractivity contribution is 7.89. The fourth-order valence-electron chi connectivity index (χ4n) is 17.7. The number of Topliss-reactive ketones (excluding diaryl/α,β-unsaturated/α-hetero) is 1. The number of hydrogen-bond donors (Lipinski definition) is 7. The second-order valence-electron chi connectivity index (χ2n) is 28.0. The first kappa shape index (κ1) is 68.1. The molecule has 0 aromatic heterocycles. The van der Waals surface area contributed by atoms with E-state index in [2.05, 4.69) is 89.9 Å². The minimum atomic E-state index is -3.99. The predicted octanol–water partition coefficient (Wildman–Crippen LogP) is 7.55. The molecule has 5 aromatic carbocycles. The molecule has 23 heteroatoms. The van der Waals surface area contributed by atoms with Crippen molar-refractivity contribution in [2.45, 2.75) is 167 Å². The summed E-state index contributed by atoms with van der Waals surface area (Å²) < 4.78 is 33.5. The molecule has 1 unspecified atom stereocenters. The van der Waals surface area contributed by atoms with Gasteiger partial charge in [-0.2, -0.15) is 4.31 Å². The topological polar surface area (TPSA) is 240 Å². The molecule has 2 saturated carbocycles. The Morgan fingerprint density at radius 2 is 1.24 bits per heavy atom. The molecule has 0 radical (unpaired) electrons. The lowest BCUT2D eigenvalue weighted by Gasteiger charge is -2.62. The Kier molecular flexibility index (Phi) is 19.9. The lowest BCUT2D eigenvalue weighted by atomic mass is 9.49. The van der Waals surface area contributed by atoms with Gasteiger partial charge in [0.05, 0.1) is 52.7 Å². The Morgan fingerprint density at radius 1 is 0.667 bits per heavy atom. The van der Waals surface area contributed by atoms with Crippen molar-refractivity contribution in [3.8, 4) is 17.2 Å². The Labute approximate surface area is 573 Å². The van der Waals surface area contributed by atoms with Gasteiger partial charge in [0.1, 0.15) is 4.90 Å². The molecule has 5 aromatic rings. The van der Waals surface area contributed by atoms with Crippen LogP contribution in [0.1, 0.15) is 118 Å². The highest BCUT2D eigenvalue weighted by Gasteiger charge is 2.73. The largest absolute Gasteiger partial charge is 0.505 e. The lowest BCUT2D eigenvalue weighted by Crippen LogP contribution is -2.76. The SMILES string of the molecule is C=CCN1CC[C@]23c4c5ccc(O)c4OC2C(=O)CC[C@@]3(O)[C@H]1C5.O=C1CN(Cc2ccccc2)C2(CCN(C3CCCCC3)CC2)N1.O=C1CN(Cc2ccccc2)C2(CCN(S(=O)(=O)c3cc(Cl)cc(Cl)c3O)CC2)N1.O=C1CNC2(CCNCC2)N1Cc1ccccc1. The number of nitrogens with zero attached hydrogens (tertiary/aromatic N) is 6. The molecule has 7 saturated heterocycles. The summed E-state index contributed by atoms with van der Waals surface area (Å²) in [5.41, 5.74) is 3.02. The summed E-state index contributed by atoms with van der Waals surface area (Å²) in [6.45, 7) is 13.4. The first-order valence-corrected chi connectivity index (χ1v) is 36.5. The van der Waals surface area contributed by atoms with E-state index in [0.717, 1.165) is 94.2 Å². The zero-order chi connectivity index (χ0) is 67.0. The van der Waals surface area contributed by atoms with E-state index < -0.39 is 38.6 Å². The maximum absolute atomic E-state index is 13.1. The highest BCUT2D eigenvalue weighted by Crippen LogP contribution is 2.65. The van der Waals surface area contributed by atoms with Crippen LogP contribution in [-0.2, 0) is 60.7 Å². The summed E-state index contributed by atoms with van der Waals surface area (Å²) >= 11 is 11.8. The van der Waals surface area contributed by atoms with Gasteiger partial charge >= 0.3 is 0 Å². The number of ether oxygens (including phenoxy) is 1. The predicted molar refractivity (Wildman–Crippen MR) is 366 cm³/mol. The van der Waals surface area contributed by atoms with Crippen molar-refractivity contribution < 1.29 is 47.7 Å². The number of carbonyl (C=O) groups excluding carboxylic acids is 4. The van der Waals surface area contributed by atoms with Crippen LogP contribution >= 0.6 is 23.2 Å². The summed E-state index contributed by atoms with van der Waals surface area (Å²) in [5.74, 6) is 0.362. The molecular formula is C73H90Cl2N10O10S. The first-order chi connectivity index (χ1) is 46.3. The van der Waals surface area contributed by atoms with Gasteiger partial charge in [0, 0.05) is 88.0 Å². The zero-order valence-electron chi connectivity index (χ0n) is 54.5. The number of amides is 3. The van der Waals surface area contributed by atoms with Gasteiger partial charge in [-0.05, 0) is 124 Å². The second kappa shape index (κ2) is 28.0. The van der Waals surface area contributed by atoms with E-state index in [1.54, 1.807) is 6.07 Å². The first-order valence-electron chi connectivity index (χ1n) is 34.3. The van der Waals surface area contributed by atoms with Crippen molar-refractivity contribution in [1.29, 1.82) is 0 Å². The van der Waals surface area contributed by atoms with Crippen LogP contribution in [0, 0.1) is 0 Å². The van der Waals surface area contributed by atoms with Gasteiger partial charge in [-0.25, -0.2) is 8.42 Å². The van der Waals surface area contributed by atoms with Gasteiger partial charge in [0.25, 0.3) is 0 Å². The fraction of sp³-hybridized carbons (Fsp3) is 0.507. The van der Waals surface area contributed by atoms with Gasteiger partial charge in [-0.1, -0.05) is 146 Å². The quantitative estimate of drug-likeness (QED) is 0.0632. The van der Waals surface area contributed by atoms with Crippen LogP contribution in [0.4, 0.5) is 0 Å². The Morgan fingerprint density at radius 3 is 1.82 bits per heavy atom. The van der Waals surface area contributed by atoms with E-state index in [9.17, 15) is 42.9 Å². The summed E-state index contributed by atoms with van der Waals surface area (Å²) in [5, 5.41) is 45.4. The van der Waals surface area contributed by atoms with E-state index in [1.807, 2.05) is 65.6 Å². The molecule has 11 aliphatic rings. The van der Waals surface area contributed by atoms with Crippen molar-refractivity contribution >= 4 is 56.7 Å². The molecule has 16 rings (SSSR count). The van der Waals surface area contributed by atoms with Crippen LogP contribution in [0.15, 0.2) is 133 Å². The maximum atomic E-state index is 13.1. The van der Waals surface area contributed by atoms with Gasteiger partial charge < -0.3 is 45.8 Å². The molecule has 96 heavy (non-hydrogen) atoms. The Bertz CT molecular complexity index is 3790. The summed E-state index contributed by atoms with van der Waals surface area (Å²) in [6.07, 6.45) is 15.2. The number of aliphatic hydroxyl groups is 1. The fourth-order valence-corrected chi connectivity index (χ4v) is 19.9. The Hall–Kier alpha value is -6.47. The Balaban J connectivity index is 0.000000117. The number of rotatable bonds is 11. The van der Waals surface area contributed by atoms with Gasteiger partial charge in [0.15, 0.2) is 29.1 Å². The molecular weight excluding hydrogens is 1280 g/mol. The van der Waals surface area contributed by atoms with Crippen molar-refractivity contribution in [3.05, 3.63) is 166 Å². The molecule has 4 atom stereocenters. The molecule has 512 valence electrons. The third kappa shape index (κ3) is 13.0. The van der Waals surface area contributed by atoms with Crippen LogP contribution in [0.25, 0.3) is 0 Å². The number of ketones is 1. The highest BCUT2D eigenvalue weighted by atomic mass is 35.5. The standard InChI is InChI=1S/C20H21Cl2N3O4S.C20H29N3O.C19H21NO4.C14H19N3O/c21-15-10-16(22)19(27)17(11-15)30(28,29)25-8-6-20(7-9-25)23-18(26)13-24(20)12-14-4-2-1-3-5-14;24-19-16-23(15-17-7-3-1-4-8-17)20(21-19)11-13-22(14-12-20)18-9-5-2-6-10-18;1-2-8-20-9-7-18-15-11-3-4-12(21)16(15)24-17(18)13(22)5-6-19(18,23)14(20)10-11;18-13-10-16-14(6-8-15-9-7-14)17(13)11-12-4-2-1-3-5-12/h1-5,10-11,27H,6-9,12-13H2,(H,23,26);1,3-4,7-8,18H,2,5-6,9-16H2,(H,21,24);2-4,14,17,21,23H,1,5-10H2;1-5,15-16H,6-11H2/t;;14-,17?,18+,19-;/m..1./s1. The molecule has 3 aliphatic carbocycles. The van der Waals surface area contributed by atoms with Crippen LogP contribution < -0.4 is 26.0 Å². The van der Waals surface area contributed by atoms with Crippen molar-refractivity contribution in [1.82, 2.24) is 50.1 Å². The molecule has 3 amide bonds. The number of phenolic OH excluding ortho intramolecular Hbond substituents is 2. The number of piperidine rings is 4. The molecule has 8 heterocycles. The number of phenols is 2. The number of likely N-dealkylation sites (tertiary alicyclic amines) is 2. The third-order valence-electron chi connectivity index (χ3n) is 22.7. The average molecular weight is 1370 g/mol. The van der Waals surface area contributed by atoms with Crippen molar-refractivity contribution in [2.75, 3.05) is 72.0 Å². The van der Waals surface area contributed by atoms with Crippen LogP contribution in [0.3, 0.4) is 0 Å². The minimum Gasteiger partial charge on any atom is -0.505 e. The van der Waals surface area contributed by atoms with Crippen LogP contribution in [-0.4, -0.2) is 189 Å². The van der Waals surface area contributed by atoms with E-state index in [4.69, 9.17) is 27.9 Å². The zero-order valence-corrected chi connectivity index (χ0v) is 56.9. The normalized spacial score (nSPS) is 26.8. The van der Waals surface area contributed by atoms with E-state index >= 15 is 0 Å². The van der Waals surface area contributed by atoms with E-state index in [-0.39, 0.29) is 81.2 Å². The van der Waals surface area contributed by atoms with Gasteiger partial charge in [0.2, 0.25) is 27.7 Å². The summed E-state index contributed by atoms with van der Waals surface area (Å²) in [7, 11) is -3.99. The number of aromatic hydroxyl groups is 2. The molecule has 8 aliphatic heterocycles. The number of nitrogens with one attached hydrogen (secondary N) is 4. The molecule has 20 nitrogen and oxygen atoms in total. The third-order valence-corrected chi connectivity index (χ3v) is 25.1. The molecule has 7 N–H and O–H groups in total. The molecule has 9 fully saturated rings. The number of hydrogen-bond acceptors (Lipinski definition) is 16. The number of sulfonamides is 1. The number of carbonyl (C=O) groups is 4. The number of halogens is 2. The van der Waals surface area contributed by atoms with Crippen molar-refractivity contribution in [3.63, 3.8) is 0 Å². The summed E-state index contributed by atoms with van der Waals surface area (Å²) in [6, 6.07) is 37.4. The second-order valence-corrected chi connectivity index (χ2v) is 30.7. The maximum Gasteiger partial charge on any atom is 0.246 e. The van der Waals surface area contributed by atoms with Gasteiger partial charge in [-0.3, -0.25) is 39.2 Å². The van der Waals surface area contributed by atoms with Gasteiger partial charge in [-0.15, -0.1) is 6.58 Å². The van der Waals surface area contributed by atoms with E-state index in [1.165, 1.54) is 59.7 Å².